The normalized spacial score (nSPS) is 13.3. The van der Waals surface area contributed by atoms with Gasteiger partial charge in [0.05, 0.1) is 34.4 Å². The Balaban J connectivity index is 1.79. The Hall–Kier alpha value is -3.87. The van der Waals surface area contributed by atoms with E-state index in [1.807, 2.05) is 0 Å². The van der Waals surface area contributed by atoms with Gasteiger partial charge in [0.2, 0.25) is 0 Å². The van der Waals surface area contributed by atoms with Gasteiger partial charge in [-0.1, -0.05) is 24.3 Å². The summed E-state index contributed by atoms with van der Waals surface area (Å²) in [4.78, 5) is 38.5. The van der Waals surface area contributed by atoms with Crippen molar-refractivity contribution in [2.45, 2.75) is 19.3 Å². The van der Waals surface area contributed by atoms with E-state index in [9.17, 15) is 14.4 Å². The monoisotopic (exact) mass is 478 g/mol. The molecule has 3 rings (SSSR count). The molecule has 1 aliphatic rings. The largest absolute Gasteiger partial charge is 0.493 e. The van der Waals surface area contributed by atoms with Gasteiger partial charge in [-0.3, -0.25) is 14.4 Å². The first kappa shape index (κ1) is 25.7. The summed E-state index contributed by atoms with van der Waals surface area (Å²) in [6.07, 6.45) is 7.42. The van der Waals surface area contributed by atoms with Crippen molar-refractivity contribution in [2.24, 2.45) is 11.8 Å². The number of methoxy groups -OCH3 is 4. The summed E-state index contributed by atoms with van der Waals surface area (Å²) in [5, 5.41) is 0. The second-order valence-electron chi connectivity index (χ2n) is 8.20. The number of carbonyl (C=O) groups is 3. The van der Waals surface area contributed by atoms with Crippen LogP contribution < -0.4 is 18.9 Å². The van der Waals surface area contributed by atoms with Crippen LogP contribution >= 0.6 is 0 Å². The Kier molecular flexibility index (Phi) is 8.84. The fraction of sp³-hybridized carbons (Fsp3) is 0.321. The van der Waals surface area contributed by atoms with E-state index >= 15 is 0 Å². The zero-order valence-corrected chi connectivity index (χ0v) is 20.4. The third kappa shape index (κ3) is 6.82. The van der Waals surface area contributed by atoms with E-state index in [-0.39, 0.29) is 18.1 Å². The van der Waals surface area contributed by atoms with Gasteiger partial charge in [0.25, 0.3) is 0 Å². The standard InChI is InChI=1S/C28H30O7/c1-32-25-13-7-18(15-27(25)34-3)5-11-22(29)21(17-24(31)20-9-10-20)23(30)12-6-19-8-14-26(33-2)28(16-19)35-4/h5-8,11-16,20-21H,9-10,17H2,1-4H3/b11-5+,12-6+. The number of benzene rings is 2. The van der Waals surface area contributed by atoms with Crippen LogP contribution in [0.15, 0.2) is 48.6 Å². The van der Waals surface area contributed by atoms with Crippen molar-refractivity contribution in [2.75, 3.05) is 28.4 Å². The molecule has 7 nitrogen and oxygen atoms in total. The predicted octanol–water partition coefficient (Wildman–Crippen LogP) is 4.57. The van der Waals surface area contributed by atoms with E-state index < -0.39 is 17.5 Å². The van der Waals surface area contributed by atoms with Crippen molar-refractivity contribution in [3.8, 4) is 23.0 Å². The second-order valence-corrected chi connectivity index (χ2v) is 8.20. The molecule has 0 spiro atoms. The van der Waals surface area contributed by atoms with E-state index in [1.54, 1.807) is 62.8 Å². The molecule has 1 saturated carbocycles. The van der Waals surface area contributed by atoms with Crippen LogP contribution in [-0.2, 0) is 14.4 Å². The number of rotatable bonds is 13. The highest BCUT2D eigenvalue weighted by molar-refractivity contribution is 6.15. The van der Waals surface area contributed by atoms with Crippen LogP contribution in [0.5, 0.6) is 23.0 Å². The van der Waals surface area contributed by atoms with Crippen LogP contribution in [-0.4, -0.2) is 45.8 Å². The lowest BCUT2D eigenvalue weighted by molar-refractivity contribution is -0.132. The zero-order chi connectivity index (χ0) is 25.4. The van der Waals surface area contributed by atoms with Gasteiger partial charge in [0.1, 0.15) is 5.78 Å². The SMILES string of the molecule is COc1ccc(/C=C/C(=O)C(CC(=O)C2CC2)C(=O)/C=C/c2ccc(OC)c(OC)c2)cc1OC. The summed E-state index contributed by atoms with van der Waals surface area (Å²) >= 11 is 0. The summed E-state index contributed by atoms with van der Waals surface area (Å²) in [7, 11) is 6.14. The molecule has 0 heterocycles. The van der Waals surface area contributed by atoms with Crippen molar-refractivity contribution in [1.82, 2.24) is 0 Å². The molecular formula is C28H30O7. The van der Waals surface area contributed by atoms with E-state index in [0.29, 0.717) is 34.1 Å². The lowest BCUT2D eigenvalue weighted by Crippen LogP contribution is -2.25. The van der Waals surface area contributed by atoms with Crippen LogP contribution in [0.4, 0.5) is 0 Å². The summed E-state index contributed by atoms with van der Waals surface area (Å²) in [6.45, 7) is 0. The Morgan fingerprint density at radius 3 is 1.54 bits per heavy atom. The molecule has 7 heteroatoms. The van der Waals surface area contributed by atoms with Crippen molar-refractivity contribution in [3.05, 3.63) is 59.7 Å². The molecule has 0 atom stereocenters. The minimum Gasteiger partial charge on any atom is -0.493 e. The molecule has 35 heavy (non-hydrogen) atoms. The molecule has 0 aromatic heterocycles. The van der Waals surface area contributed by atoms with Crippen LogP contribution in [0.3, 0.4) is 0 Å². The summed E-state index contributed by atoms with van der Waals surface area (Å²) in [5.74, 6) is 0.188. The van der Waals surface area contributed by atoms with Gasteiger partial charge in [0.15, 0.2) is 34.6 Å². The second kappa shape index (κ2) is 12.0. The molecule has 0 amide bonds. The predicted molar refractivity (Wildman–Crippen MR) is 133 cm³/mol. The first-order valence-electron chi connectivity index (χ1n) is 11.3. The molecule has 0 N–H and O–H groups in total. The minimum atomic E-state index is -1.07. The molecule has 0 saturated heterocycles. The fourth-order valence-corrected chi connectivity index (χ4v) is 3.62. The number of carbonyl (C=O) groups excluding carboxylic acids is 3. The maximum absolute atomic E-state index is 13.0. The van der Waals surface area contributed by atoms with E-state index in [1.165, 1.54) is 26.4 Å². The Bertz CT molecular complexity index is 1060. The highest BCUT2D eigenvalue weighted by atomic mass is 16.5. The van der Waals surface area contributed by atoms with Crippen LogP contribution in [0.1, 0.15) is 30.4 Å². The smallest absolute Gasteiger partial charge is 0.166 e. The van der Waals surface area contributed by atoms with Crippen molar-refractivity contribution in [1.29, 1.82) is 0 Å². The molecule has 0 bridgehead atoms. The Morgan fingerprint density at radius 1 is 0.743 bits per heavy atom. The Morgan fingerprint density at radius 2 is 1.17 bits per heavy atom. The van der Waals surface area contributed by atoms with E-state index in [4.69, 9.17) is 18.9 Å². The number of ether oxygens (including phenoxy) is 4. The molecule has 2 aromatic rings. The molecule has 0 unspecified atom stereocenters. The summed E-state index contributed by atoms with van der Waals surface area (Å²) < 4.78 is 21.0. The van der Waals surface area contributed by atoms with Crippen molar-refractivity contribution >= 4 is 29.5 Å². The summed E-state index contributed by atoms with van der Waals surface area (Å²) in [6, 6.07) is 10.5. The van der Waals surface area contributed by atoms with Gasteiger partial charge in [0, 0.05) is 12.3 Å². The number of allylic oxidation sites excluding steroid dienone is 2. The van der Waals surface area contributed by atoms with Crippen molar-refractivity contribution in [3.63, 3.8) is 0 Å². The lowest BCUT2D eigenvalue weighted by Gasteiger charge is -2.11. The van der Waals surface area contributed by atoms with Gasteiger partial charge in [-0.15, -0.1) is 0 Å². The first-order chi connectivity index (χ1) is 16.9. The van der Waals surface area contributed by atoms with E-state index in [2.05, 4.69) is 0 Å². The highest BCUT2D eigenvalue weighted by Crippen LogP contribution is 2.33. The molecule has 184 valence electrons. The third-order valence-corrected chi connectivity index (χ3v) is 5.82. The lowest BCUT2D eigenvalue weighted by atomic mass is 9.90. The molecule has 2 aromatic carbocycles. The van der Waals surface area contributed by atoms with Crippen LogP contribution in [0.2, 0.25) is 0 Å². The number of ketones is 3. The molecule has 1 aliphatic carbocycles. The maximum atomic E-state index is 13.0. The zero-order valence-electron chi connectivity index (χ0n) is 20.4. The topological polar surface area (TPSA) is 88.1 Å². The fourth-order valence-electron chi connectivity index (χ4n) is 3.62. The first-order valence-corrected chi connectivity index (χ1v) is 11.3. The van der Waals surface area contributed by atoms with Gasteiger partial charge < -0.3 is 18.9 Å². The highest BCUT2D eigenvalue weighted by Gasteiger charge is 2.34. The quantitative estimate of drug-likeness (QED) is 0.308. The van der Waals surface area contributed by atoms with Crippen LogP contribution in [0.25, 0.3) is 12.2 Å². The summed E-state index contributed by atoms with van der Waals surface area (Å²) in [5.41, 5.74) is 1.41. The van der Waals surface area contributed by atoms with Gasteiger partial charge in [-0.25, -0.2) is 0 Å². The van der Waals surface area contributed by atoms with Gasteiger partial charge in [-0.2, -0.15) is 0 Å². The number of hydrogen-bond acceptors (Lipinski definition) is 7. The van der Waals surface area contributed by atoms with E-state index in [0.717, 1.165) is 12.8 Å². The number of Topliss-reactive ketones (excluding diaryl/α,β-unsaturated/α-hetero) is 1. The third-order valence-electron chi connectivity index (χ3n) is 5.82. The van der Waals surface area contributed by atoms with Gasteiger partial charge >= 0.3 is 0 Å². The molecule has 1 fully saturated rings. The van der Waals surface area contributed by atoms with Crippen molar-refractivity contribution < 1.29 is 33.3 Å². The Labute approximate surface area is 205 Å². The van der Waals surface area contributed by atoms with Gasteiger partial charge in [-0.05, 0) is 60.4 Å². The molecular weight excluding hydrogens is 448 g/mol. The maximum Gasteiger partial charge on any atom is 0.166 e. The average Bonchev–Trinajstić information content (AvgIpc) is 3.74. The average molecular weight is 479 g/mol. The van der Waals surface area contributed by atoms with Crippen LogP contribution in [0, 0.1) is 11.8 Å². The molecule has 0 radical (unpaired) electrons. The minimum absolute atomic E-state index is 0.0391. The number of hydrogen-bond donors (Lipinski definition) is 0. The molecule has 0 aliphatic heterocycles.